The van der Waals surface area contributed by atoms with Crippen molar-refractivity contribution < 1.29 is 0 Å². The number of hydrogen-bond donors (Lipinski definition) is 2. The summed E-state index contributed by atoms with van der Waals surface area (Å²) in [6.45, 7) is 0. The van der Waals surface area contributed by atoms with Crippen molar-refractivity contribution in [3.63, 3.8) is 0 Å². The smallest absolute Gasteiger partial charge is 0.0723 e. The Hall–Kier alpha value is -3.59. The Morgan fingerprint density at radius 3 is 1.92 bits per heavy atom. The second-order valence-electron chi connectivity index (χ2n) is 6.72. The molecular weight excluding hydrogens is 318 g/mol. The van der Waals surface area contributed by atoms with Crippen LogP contribution in [0.5, 0.6) is 0 Å². The van der Waals surface area contributed by atoms with Crippen molar-refractivity contribution in [2.75, 3.05) is 0 Å². The van der Waals surface area contributed by atoms with Crippen LogP contribution in [-0.2, 0) is 0 Å². The highest BCUT2D eigenvalue weighted by Crippen LogP contribution is 2.31. The summed E-state index contributed by atoms with van der Waals surface area (Å²) < 4.78 is 0. The van der Waals surface area contributed by atoms with E-state index in [0.29, 0.717) is 0 Å². The molecule has 0 radical (unpaired) electrons. The fourth-order valence-corrected chi connectivity index (χ4v) is 3.92. The van der Waals surface area contributed by atoms with E-state index in [1.807, 2.05) is 6.20 Å². The standard InChI is InChI=1S/C23H15N3/c1-3-7-19-15(5-1)17-10-9-14(11-22(17)25-19)21-12-23-18(13-24-21)16-6-2-4-8-20(16)26-23/h1-13,25-26H. The Morgan fingerprint density at radius 2 is 1.15 bits per heavy atom. The third kappa shape index (κ3) is 1.85. The molecule has 0 spiro atoms. The van der Waals surface area contributed by atoms with Gasteiger partial charge in [-0.15, -0.1) is 0 Å². The van der Waals surface area contributed by atoms with Crippen LogP contribution in [-0.4, -0.2) is 15.0 Å². The van der Waals surface area contributed by atoms with E-state index in [0.717, 1.165) is 33.2 Å². The van der Waals surface area contributed by atoms with Crippen molar-refractivity contribution in [3.8, 4) is 11.3 Å². The summed E-state index contributed by atoms with van der Waals surface area (Å²) >= 11 is 0. The lowest BCUT2D eigenvalue weighted by Gasteiger charge is -2.02. The van der Waals surface area contributed by atoms with Gasteiger partial charge in [0.2, 0.25) is 0 Å². The van der Waals surface area contributed by atoms with Crippen LogP contribution in [0.15, 0.2) is 79.0 Å². The van der Waals surface area contributed by atoms with E-state index >= 15 is 0 Å². The highest BCUT2D eigenvalue weighted by atomic mass is 14.7. The third-order valence-corrected chi connectivity index (χ3v) is 5.19. The Bertz CT molecular complexity index is 1320. The number of aromatic nitrogens is 3. The summed E-state index contributed by atoms with van der Waals surface area (Å²) in [6, 6.07) is 25.4. The summed E-state index contributed by atoms with van der Waals surface area (Å²) in [5.41, 5.74) is 6.66. The number of nitrogens with zero attached hydrogens (tertiary/aromatic N) is 1. The average Bonchev–Trinajstić information content (AvgIpc) is 3.24. The molecule has 0 fully saturated rings. The van der Waals surface area contributed by atoms with Crippen LogP contribution in [0.2, 0.25) is 0 Å². The molecule has 6 rings (SSSR count). The zero-order chi connectivity index (χ0) is 17.1. The summed E-state index contributed by atoms with van der Waals surface area (Å²) in [5, 5.41) is 4.88. The van der Waals surface area contributed by atoms with Gasteiger partial charge in [-0.1, -0.05) is 48.5 Å². The lowest BCUT2D eigenvalue weighted by molar-refractivity contribution is 1.35. The van der Waals surface area contributed by atoms with Crippen molar-refractivity contribution in [1.82, 2.24) is 15.0 Å². The molecule has 3 nitrogen and oxygen atoms in total. The summed E-state index contributed by atoms with van der Waals surface area (Å²) in [4.78, 5) is 11.7. The van der Waals surface area contributed by atoms with Gasteiger partial charge in [-0.2, -0.15) is 0 Å². The first-order valence-corrected chi connectivity index (χ1v) is 8.74. The zero-order valence-corrected chi connectivity index (χ0v) is 14.0. The van der Waals surface area contributed by atoms with Gasteiger partial charge in [-0.25, -0.2) is 0 Å². The highest BCUT2D eigenvalue weighted by molar-refractivity contribution is 6.09. The fraction of sp³-hybridized carbons (Fsp3) is 0. The first-order chi connectivity index (χ1) is 12.9. The number of rotatable bonds is 1. The molecule has 0 aliphatic carbocycles. The number of nitrogens with one attached hydrogen (secondary N) is 2. The van der Waals surface area contributed by atoms with E-state index in [1.54, 1.807) is 0 Å². The number of pyridine rings is 1. The maximum atomic E-state index is 4.73. The monoisotopic (exact) mass is 333 g/mol. The van der Waals surface area contributed by atoms with Gasteiger partial charge < -0.3 is 9.97 Å². The molecule has 3 heterocycles. The number of hydrogen-bond acceptors (Lipinski definition) is 1. The highest BCUT2D eigenvalue weighted by Gasteiger charge is 2.09. The molecule has 0 atom stereocenters. The number of benzene rings is 3. The Morgan fingerprint density at radius 1 is 0.538 bits per heavy atom. The quantitative estimate of drug-likeness (QED) is 0.380. The largest absolute Gasteiger partial charge is 0.354 e. The lowest BCUT2D eigenvalue weighted by atomic mass is 10.1. The van der Waals surface area contributed by atoms with Crippen molar-refractivity contribution >= 4 is 43.6 Å². The third-order valence-electron chi connectivity index (χ3n) is 5.19. The second kappa shape index (κ2) is 4.96. The first-order valence-electron chi connectivity index (χ1n) is 8.74. The minimum Gasteiger partial charge on any atom is -0.354 e. The van der Waals surface area contributed by atoms with Crippen LogP contribution in [0.1, 0.15) is 0 Å². The predicted octanol–water partition coefficient (Wildman–Crippen LogP) is 6.02. The summed E-state index contributed by atoms with van der Waals surface area (Å²) in [7, 11) is 0. The number of aromatic amines is 2. The minimum atomic E-state index is 0.976. The van der Waals surface area contributed by atoms with Crippen LogP contribution in [0.3, 0.4) is 0 Å². The maximum Gasteiger partial charge on any atom is 0.0723 e. The van der Waals surface area contributed by atoms with E-state index < -0.39 is 0 Å². The van der Waals surface area contributed by atoms with Crippen molar-refractivity contribution in [2.45, 2.75) is 0 Å². The molecule has 0 unspecified atom stereocenters. The molecule has 26 heavy (non-hydrogen) atoms. The Kier molecular flexibility index (Phi) is 2.61. The lowest BCUT2D eigenvalue weighted by Crippen LogP contribution is -1.83. The molecule has 0 amide bonds. The normalized spacial score (nSPS) is 11.8. The molecule has 122 valence electrons. The van der Waals surface area contributed by atoms with Crippen LogP contribution in [0.4, 0.5) is 0 Å². The topological polar surface area (TPSA) is 44.5 Å². The van der Waals surface area contributed by atoms with Gasteiger partial charge >= 0.3 is 0 Å². The molecule has 2 N–H and O–H groups in total. The van der Waals surface area contributed by atoms with Gasteiger partial charge in [0.05, 0.1) is 11.2 Å². The fourth-order valence-electron chi connectivity index (χ4n) is 3.92. The van der Waals surface area contributed by atoms with Crippen molar-refractivity contribution in [1.29, 1.82) is 0 Å². The molecular formula is C23H15N3. The van der Waals surface area contributed by atoms with E-state index in [2.05, 4.69) is 82.8 Å². The SMILES string of the molecule is c1ccc2c(c1)[nH]c1cc(-c3cc4[nH]c5ccccc5c4cn3)ccc12. The number of fused-ring (bicyclic) bond motifs is 6. The molecule has 3 heteroatoms. The molecule has 0 saturated carbocycles. The Balaban J connectivity index is 1.57. The molecule has 3 aromatic heterocycles. The van der Waals surface area contributed by atoms with Gasteiger partial charge in [0.1, 0.15) is 0 Å². The van der Waals surface area contributed by atoms with Crippen LogP contribution >= 0.6 is 0 Å². The van der Waals surface area contributed by atoms with E-state index in [1.165, 1.54) is 21.7 Å². The zero-order valence-electron chi connectivity index (χ0n) is 14.0. The maximum absolute atomic E-state index is 4.73. The summed E-state index contributed by atoms with van der Waals surface area (Å²) in [5.74, 6) is 0. The van der Waals surface area contributed by atoms with E-state index in [-0.39, 0.29) is 0 Å². The number of H-pyrrole nitrogens is 2. The molecule has 0 saturated heterocycles. The molecule has 0 aliphatic rings. The first kappa shape index (κ1) is 13.7. The Labute approximate surface area is 149 Å². The number of para-hydroxylation sites is 2. The predicted molar refractivity (Wildman–Crippen MR) is 108 cm³/mol. The van der Waals surface area contributed by atoms with Gasteiger partial charge in [-0.05, 0) is 24.3 Å². The van der Waals surface area contributed by atoms with Crippen LogP contribution in [0, 0.1) is 0 Å². The summed E-state index contributed by atoms with van der Waals surface area (Å²) in [6.07, 6.45) is 1.97. The molecule has 6 aromatic rings. The van der Waals surface area contributed by atoms with Crippen LogP contribution < -0.4 is 0 Å². The van der Waals surface area contributed by atoms with Gasteiger partial charge in [-0.3, -0.25) is 4.98 Å². The van der Waals surface area contributed by atoms with E-state index in [4.69, 9.17) is 4.98 Å². The minimum absolute atomic E-state index is 0.976. The van der Waals surface area contributed by atoms with Crippen LogP contribution in [0.25, 0.3) is 54.9 Å². The van der Waals surface area contributed by atoms with Crippen molar-refractivity contribution in [2.24, 2.45) is 0 Å². The second-order valence-corrected chi connectivity index (χ2v) is 6.72. The molecule has 0 aliphatic heterocycles. The van der Waals surface area contributed by atoms with Crippen molar-refractivity contribution in [3.05, 3.63) is 79.0 Å². The van der Waals surface area contributed by atoms with E-state index in [9.17, 15) is 0 Å². The average molecular weight is 333 g/mol. The van der Waals surface area contributed by atoms with Gasteiger partial charge in [0.15, 0.2) is 0 Å². The molecule has 0 bridgehead atoms. The van der Waals surface area contributed by atoms with Gasteiger partial charge in [0, 0.05) is 49.9 Å². The molecule has 3 aromatic carbocycles. The van der Waals surface area contributed by atoms with Gasteiger partial charge in [0.25, 0.3) is 0 Å².